The van der Waals surface area contributed by atoms with E-state index in [2.05, 4.69) is 19.2 Å². The molecule has 1 aliphatic heterocycles. The molecule has 1 aliphatic carbocycles. The number of hydrogen-bond donors (Lipinski definition) is 2. The summed E-state index contributed by atoms with van der Waals surface area (Å²) in [6.07, 6.45) is 7.63. The van der Waals surface area contributed by atoms with E-state index >= 15 is 0 Å². The van der Waals surface area contributed by atoms with Crippen molar-refractivity contribution in [2.75, 3.05) is 5.73 Å². The number of carbonyl (C=O) groups excluding carboxylic acids is 1. The van der Waals surface area contributed by atoms with Crippen molar-refractivity contribution in [1.82, 2.24) is 5.32 Å². The molecule has 1 fully saturated rings. The van der Waals surface area contributed by atoms with Gasteiger partial charge in [-0.15, -0.1) is 0 Å². The first-order valence-corrected chi connectivity index (χ1v) is 8.81. The standard InChI is InChI=1S/C19H28N2O2/c1-19(2)12-16(15-11-14(20)8-9-17(15)23-19)21-18(22)10-7-13-5-3-4-6-13/h8-9,11,13,16H,3-7,10,12,20H2,1-2H3,(H,21,22). The highest BCUT2D eigenvalue weighted by atomic mass is 16.5. The molecule has 126 valence electrons. The zero-order valence-electron chi connectivity index (χ0n) is 14.2. The van der Waals surface area contributed by atoms with Gasteiger partial charge in [-0.25, -0.2) is 0 Å². The molecule has 1 heterocycles. The van der Waals surface area contributed by atoms with E-state index in [1.807, 2.05) is 18.2 Å². The van der Waals surface area contributed by atoms with Gasteiger partial charge in [0.2, 0.25) is 5.91 Å². The lowest BCUT2D eigenvalue weighted by Gasteiger charge is -2.38. The third-order valence-corrected chi connectivity index (χ3v) is 5.08. The highest BCUT2D eigenvalue weighted by molar-refractivity contribution is 5.76. The number of fused-ring (bicyclic) bond motifs is 1. The Morgan fingerprint density at radius 1 is 1.35 bits per heavy atom. The lowest BCUT2D eigenvalue weighted by atomic mass is 9.89. The first kappa shape index (κ1) is 16.2. The van der Waals surface area contributed by atoms with Gasteiger partial charge < -0.3 is 15.8 Å². The minimum absolute atomic E-state index is 0.0201. The van der Waals surface area contributed by atoms with Crippen LogP contribution in [0, 0.1) is 5.92 Å². The van der Waals surface area contributed by atoms with Gasteiger partial charge in [0.15, 0.2) is 0 Å². The normalized spacial score (nSPS) is 23.1. The molecule has 4 heteroatoms. The third-order valence-electron chi connectivity index (χ3n) is 5.08. The fourth-order valence-corrected chi connectivity index (χ4v) is 3.90. The molecule has 0 bridgehead atoms. The zero-order chi connectivity index (χ0) is 16.4. The van der Waals surface area contributed by atoms with Crippen LogP contribution in [0.2, 0.25) is 0 Å². The van der Waals surface area contributed by atoms with Crippen molar-refractivity contribution in [3.8, 4) is 5.75 Å². The molecule has 1 amide bonds. The molecule has 1 atom stereocenters. The van der Waals surface area contributed by atoms with Gasteiger partial charge in [-0.05, 0) is 44.4 Å². The summed E-state index contributed by atoms with van der Waals surface area (Å²) in [4.78, 5) is 12.4. The van der Waals surface area contributed by atoms with Crippen LogP contribution in [-0.2, 0) is 4.79 Å². The van der Waals surface area contributed by atoms with E-state index in [0.29, 0.717) is 12.1 Å². The van der Waals surface area contributed by atoms with Crippen LogP contribution in [0.25, 0.3) is 0 Å². The second-order valence-corrected chi connectivity index (χ2v) is 7.67. The minimum atomic E-state index is -0.285. The van der Waals surface area contributed by atoms with Crippen molar-refractivity contribution in [1.29, 1.82) is 0 Å². The molecule has 3 rings (SSSR count). The second kappa shape index (κ2) is 6.42. The average molecular weight is 316 g/mol. The van der Waals surface area contributed by atoms with Crippen LogP contribution < -0.4 is 15.8 Å². The van der Waals surface area contributed by atoms with Crippen LogP contribution in [0.1, 0.15) is 70.4 Å². The third kappa shape index (κ3) is 3.98. The Hall–Kier alpha value is -1.71. The molecule has 1 aromatic carbocycles. The SMILES string of the molecule is CC1(C)CC(NC(=O)CCC2CCCC2)c2cc(N)ccc2O1. The van der Waals surface area contributed by atoms with E-state index in [0.717, 1.165) is 30.1 Å². The molecular formula is C19H28N2O2. The van der Waals surface area contributed by atoms with Gasteiger partial charge in [0.25, 0.3) is 0 Å². The van der Waals surface area contributed by atoms with Crippen molar-refractivity contribution in [3.05, 3.63) is 23.8 Å². The maximum Gasteiger partial charge on any atom is 0.220 e. The van der Waals surface area contributed by atoms with Crippen molar-refractivity contribution in [2.45, 2.75) is 70.4 Å². The molecule has 0 aromatic heterocycles. The van der Waals surface area contributed by atoms with Crippen LogP contribution in [0.3, 0.4) is 0 Å². The fraction of sp³-hybridized carbons (Fsp3) is 0.632. The van der Waals surface area contributed by atoms with E-state index in [-0.39, 0.29) is 17.6 Å². The van der Waals surface area contributed by atoms with E-state index in [1.54, 1.807) is 0 Å². The number of amides is 1. The van der Waals surface area contributed by atoms with E-state index in [9.17, 15) is 4.79 Å². The number of nitrogen functional groups attached to an aromatic ring is 1. The zero-order valence-corrected chi connectivity index (χ0v) is 14.2. The second-order valence-electron chi connectivity index (χ2n) is 7.67. The quantitative estimate of drug-likeness (QED) is 0.826. The first-order chi connectivity index (χ1) is 10.9. The predicted molar refractivity (Wildman–Crippen MR) is 92.3 cm³/mol. The summed E-state index contributed by atoms with van der Waals surface area (Å²) in [5.74, 6) is 1.72. The maximum atomic E-state index is 12.4. The number of anilines is 1. The average Bonchev–Trinajstić information content (AvgIpc) is 2.98. The summed E-state index contributed by atoms with van der Waals surface area (Å²) in [7, 11) is 0. The van der Waals surface area contributed by atoms with Crippen molar-refractivity contribution in [3.63, 3.8) is 0 Å². The van der Waals surface area contributed by atoms with Crippen LogP contribution in [0.15, 0.2) is 18.2 Å². The molecule has 1 saturated carbocycles. The van der Waals surface area contributed by atoms with Gasteiger partial charge in [0.1, 0.15) is 11.4 Å². The van der Waals surface area contributed by atoms with Gasteiger partial charge in [-0.3, -0.25) is 4.79 Å². The Balaban J connectivity index is 1.66. The molecule has 3 N–H and O–H groups in total. The summed E-state index contributed by atoms with van der Waals surface area (Å²) < 4.78 is 6.02. The highest BCUT2D eigenvalue weighted by Crippen LogP contribution is 2.40. The minimum Gasteiger partial charge on any atom is -0.487 e. The summed E-state index contributed by atoms with van der Waals surface area (Å²) in [6.45, 7) is 4.12. The summed E-state index contributed by atoms with van der Waals surface area (Å²) in [6, 6.07) is 5.66. The molecule has 2 aliphatic rings. The molecule has 0 radical (unpaired) electrons. The lowest BCUT2D eigenvalue weighted by molar-refractivity contribution is -0.122. The Bertz CT molecular complexity index is 577. The van der Waals surface area contributed by atoms with Gasteiger partial charge in [0.05, 0.1) is 6.04 Å². The van der Waals surface area contributed by atoms with Crippen LogP contribution in [0.5, 0.6) is 5.75 Å². The largest absolute Gasteiger partial charge is 0.487 e. The maximum absolute atomic E-state index is 12.4. The van der Waals surface area contributed by atoms with E-state index < -0.39 is 0 Å². The number of nitrogens with two attached hydrogens (primary N) is 1. The van der Waals surface area contributed by atoms with E-state index in [4.69, 9.17) is 10.5 Å². The number of hydrogen-bond acceptors (Lipinski definition) is 3. The topological polar surface area (TPSA) is 64.4 Å². The van der Waals surface area contributed by atoms with Crippen molar-refractivity contribution < 1.29 is 9.53 Å². The Morgan fingerprint density at radius 3 is 2.83 bits per heavy atom. The number of benzene rings is 1. The number of rotatable bonds is 4. The van der Waals surface area contributed by atoms with Gasteiger partial charge in [-0.2, -0.15) is 0 Å². The fourth-order valence-electron chi connectivity index (χ4n) is 3.90. The summed E-state index contributed by atoms with van der Waals surface area (Å²) in [5, 5.41) is 3.21. The van der Waals surface area contributed by atoms with Gasteiger partial charge >= 0.3 is 0 Å². The molecule has 0 saturated heterocycles. The molecular weight excluding hydrogens is 288 g/mol. The van der Waals surface area contributed by atoms with E-state index in [1.165, 1.54) is 25.7 Å². The molecule has 4 nitrogen and oxygen atoms in total. The van der Waals surface area contributed by atoms with Crippen molar-refractivity contribution >= 4 is 11.6 Å². The highest BCUT2D eigenvalue weighted by Gasteiger charge is 2.34. The molecule has 1 unspecified atom stereocenters. The van der Waals surface area contributed by atoms with Crippen molar-refractivity contribution in [2.24, 2.45) is 5.92 Å². The number of ether oxygens (including phenoxy) is 1. The Labute approximate surface area is 138 Å². The van der Waals surface area contributed by atoms with Crippen LogP contribution in [-0.4, -0.2) is 11.5 Å². The summed E-state index contributed by atoms with van der Waals surface area (Å²) in [5.41, 5.74) is 7.33. The lowest BCUT2D eigenvalue weighted by Crippen LogP contribution is -2.41. The smallest absolute Gasteiger partial charge is 0.220 e. The summed E-state index contributed by atoms with van der Waals surface area (Å²) >= 11 is 0. The molecule has 23 heavy (non-hydrogen) atoms. The first-order valence-electron chi connectivity index (χ1n) is 8.81. The monoisotopic (exact) mass is 316 g/mol. The number of nitrogens with one attached hydrogen (secondary N) is 1. The predicted octanol–water partition coefficient (Wildman–Crippen LogP) is 3.96. The van der Waals surface area contributed by atoms with Gasteiger partial charge in [0, 0.05) is 24.1 Å². The van der Waals surface area contributed by atoms with Gasteiger partial charge in [-0.1, -0.05) is 25.7 Å². The molecule has 1 aromatic rings. The Morgan fingerprint density at radius 2 is 2.09 bits per heavy atom. The number of carbonyl (C=O) groups is 1. The molecule has 0 spiro atoms. The van der Waals surface area contributed by atoms with Crippen LogP contribution in [0.4, 0.5) is 5.69 Å². The Kier molecular flexibility index (Phi) is 4.51. The van der Waals surface area contributed by atoms with Crippen LogP contribution >= 0.6 is 0 Å².